The number of rotatable bonds is 5. The Bertz CT molecular complexity index is 785. The van der Waals surface area contributed by atoms with Crippen molar-refractivity contribution in [3.63, 3.8) is 0 Å². The Kier molecular flexibility index (Phi) is 5.54. The molecule has 0 aliphatic carbocycles. The Hall–Kier alpha value is -2.60. The number of urea groups is 1. The standard InChI is InChI=1S/C17H18N2O3S/c1-14(16-10-6-3-7-11-16)13-23(21,22)19-17(20)18-12-15-8-4-2-5-9-15/h2-11,13H,12H2,1H3,(H2,18,19,20). The van der Waals surface area contributed by atoms with Gasteiger partial charge < -0.3 is 5.32 Å². The smallest absolute Gasteiger partial charge is 0.328 e. The first-order valence-electron chi connectivity index (χ1n) is 7.04. The van der Waals surface area contributed by atoms with Gasteiger partial charge in [0.05, 0.1) is 5.41 Å². The zero-order valence-corrected chi connectivity index (χ0v) is 13.5. The van der Waals surface area contributed by atoms with Gasteiger partial charge in [0.25, 0.3) is 10.0 Å². The van der Waals surface area contributed by atoms with Gasteiger partial charge in [-0.2, -0.15) is 0 Å². The molecule has 0 saturated heterocycles. The van der Waals surface area contributed by atoms with Crippen molar-refractivity contribution >= 4 is 21.6 Å². The van der Waals surface area contributed by atoms with Crippen LogP contribution in [0, 0.1) is 0 Å². The third kappa shape index (κ3) is 5.60. The highest BCUT2D eigenvalue weighted by Crippen LogP contribution is 2.13. The summed E-state index contributed by atoms with van der Waals surface area (Å²) in [5.74, 6) is 0. The summed E-state index contributed by atoms with van der Waals surface area (Å²) < 4.78 is 25.9. The minimum absolute atomic E-state index is 0.254. The molecule has 0 spiro atoms. The Morgan fingerprint density at radius 3 is 2.17 bits per heavy atom. The lowest BCUT2D eigenvalue weighted by Crippen LogP contribution is -2.38. The van der Waals surface area contributed by atoms with Crippen LogP contribution >= 0.6 is 0 Å². The molecule has 6 heteroatoms. The summed E-state index contributed by atoms with van der Waals surface area (Å²) in [4.78, 5) is 11.7. The van der Waals surface area contributed by atoms with Gasteiger partial charge in [-0.05, 0) is 23.6 Å². The fourth-order valence-electron chi connectivity index (χ4n) is 1.97. The van der Waals surface area contributed by atoms with Crippen LogP contribution in [0.3, 0.4) is 0 Å². The lowest BCUT2D eigenvalue weighted by molar-refractivity contribution is 0.245. The molecule has 0 aliphatic heterocycles. The number of nitrogens with one attached hydrogen (secondary N) is 2. The van der Waals surface area contributed by atoms with Crippen LogP contribution in [0.5, 0.6) is 0 Å². The predicted octanol–water partition coefficient (Wildman–Crippen LogP) is 2.88. The van der Waals surface area contributed by atoms with Crippen LogP contribution in [0.25, 0.3) is 5.57 Å². The number of hydrogen-bond acceptors (Lipinski definition) is 3. The zero-order chi connectivity index (χ0) is 16.7. The van der Waals surface area contributed by atoms with E-state index in [0.717, 1.165) is 16.5 Å². The highest BCUT2D eigenvalue weighted by atomic mass is 32.2. The molecule has 23 heavy (non-hydrogen) atoms. The molecule has 2 N–H and O–H groups in total. The second-order valence-electron chi connectivity index (χ2n) is 4.98. The number of allylic oxidation sites excluding steroid dienone is 1. The summed E-state index contributed by atoms with van der Waals surface area (Å²) >= 11 is 0. The SMILES string of the molecule is CC(=CS(=O)(=O)NC(=O)NCc1ccccc1)c1ccccc1. The largest absolute Gasteiger partial charge is 0.333 e. The molecular weight excluding hydrogens is 312 g/mol. The van der Waals surface area contributed by atoms with Gasteiger partial charge in [0, 0.05) is 6.54 Å². The van der Waals surface area contributed by atoms with Crippen molar-refractivity contribution in [1.29, 1.82) is 0 Å². The number of hydrogen-bond donors (Lipinski definition) is 2. The van der Waals surface area contributed by atoms with Crippen molar-refractivity contribution in [3.05, 3.63) is 77.2 Å². The summed E-state index contributed by atoms with van der Waals surface area (Å²) in [7, 11) is -3.86. The van der Waals surface area contributed by atoms with E-state index < -0.39 is 16.1 Å². The number of carbonyl (C=O) groups is 1. The monoisotopic (exact) mass is 330 g/mol. The lowest BCUT2D eigenvalue weighted by Gasteiger charge is -2.07. The van der Waals surface area contributed by atoms with E-state index >= 15 is 0 Å². The van der Waals surface area contributed by atoms with E-state index in [4.69, 9.17) is 0 Å². The van der Waals surface area contributed by atoms with Crippen molar-refractivity contribution in [2.24, 2.45) is 0 Å². The third-order valence-electron chi connectivity index (χ3n) is 3.09. The van der Waals surface area contributed by atoms with Gasteiger partial charge in [-0.3, -0.25) is 0 Å². The van der Waals surface area contributed by atoms with E-state index in [2.05, 4.69) is 5.32 Å². The van der Waals surface area contributed by atoms with E-state index in [9.17, 15) is 13.2 Å². The molecule has 2 rings (SSSR count). The van der Waals surface area contributed by atoms with Gasteiger partial charge in [-0.1, -0.05) is 60.7 Å². The van der Waals surface area contributed by atoms with Crippen LogP contribution in [0.4, 0.5) is 4.79 Å². The molecule has 2 aromatic rings. The van der Waals surface area contributed by atoms with Crippen molar-refractivity contribution in [2.75, 3.05) is 0 Å². The van der Waals surface area contributed by atoms with Gasteiger partial charge >= 0.3 is 6.03 Å². The zero-order valence-electron chi connectivity index (χ0n) is 12.7. The molecule has 0 saturated carbocycles. The average molecular weight is 330 g/mol. The van der Waals surface area contributed by atoms with Gasteiger partial charge in [-0.25, -0.2) is 17.9 Å². The molecule has 2 amide bonds. The molecule has 0 aromatic heterocycles. The minimum Gasteiger partial charge on any atom is -0.333 e. The van der Waals surface area contributed by atoms with Crippen molar-refractivity contribution in [3.8, 4) is 0 Å². The quantitative estimate of drug-likeness (QED) is 0.885. The Labute approximate surface area is 136 Å². The first-order chi connectivity index (χ1) is 11.0. The lowest BCUT2D eigenvalue weighted by atomic mass is 10.1. The highest BCUT2D eigenvalue weighted by Gasteiger charge is 2.12. The topological polar surface area (TPSA) is 75.3 Å². The normalized spacial score (nSPS) is 11.8. The van der Waals surface area contributed by atoms with Crippen LogP contribution in [-0.4, -0.2) is 14.4 Å². The van der Waals surface area contributed by atoms with E-state index in [1.54, 1.807) is 19.1 Å². The molecule has 0 radical (unpaired) electrons. The molecule has 0 atom stereocenters. The summed E-state index contributed by atoms with van der Waals surface area (Å²) in [6.45, 7) is 1.93. The van der Waals surface area contributed by atoms with E-state index in [0.29, 0.717) is 5.57 Å². The summed E-state index contributed by atoms with van der Waals surface area (Å²) in [6.07, 6.45) is 0. The molecule has 0 unspecified atom stereocenters. The predicted molar refractivity (Wildman–Crippen MR) is 90.8 cm³/mol. The maximum Gasteiger partial charge on any atom is 0.328 e. The number of benzene rings is 2. The third-order valence-corrected chi connectivity index (χ3v) is 4.23. The minimum atomic E-state index is -3.86. The summed E-state index contributed by atoms with van der Waals surface area (Å²) in [6, 6.07) is 17.6. The van der Waals surface area contributed by atoms with E-state index in [1.807, 2.05) is 53.3 Å². The molecule has 5 nitrogen and oxygen atoms in total. The first-order valence-corrected chi connectivity index (χ1v) is 8.59. The molecule has 0 heterocycles. The average Bonchev–Trinajstić information content (AvgIpc) is 2.54. The second kappa shape index (κ2) is 7.60. The van der Waals surface area contributed by atoms with Crippen molar-refractivity contribution < 1.29 is 13.2 Å². The van der Waals surface area contributed by atoms with Crippen LogP contribution in [0.2, 0.25) is 0 Å². The Balaban J connectivity index is 1.96. The van der Waals surface area contributed by atoms with Gasteiger partial charge in [0.1, 0.15) is 0 Å². The Morgan fingerprint density at radius 2 is 1.57 bits per heavy atom. The van der Waals surface area contributed by atoms with Crippen molar-refractivity contribution in [1.82, 2.24) is 10.0 Å². The highest BCUT2D eigenvalue weighted by molar-refractivity contribution is 7.93. The summed E-state index contributed by atoms with van der Waals surface area (Å²) in [5, 5.41) is 3.56. The van der Waals surface area contributed by atoms with Gasteiger partial charge in [0.2, 0.25) is 0 Å². The van der Waals surface area contributed by atoms with Gasteiger partial charge in [0.15, 0.2) is 0 Å². The number of amides is 2. The second-order valence-corrected chi connectivity index (χ2v) is 6.51. The molecule has 0 fully saturated rings. The Morgan fingerprint density at radius 1 is 1.00 bits per heavy atom. The fourth-order valence-corrected chi connectivity index (χ4v) is 2.97. The molecule has 2 aromatic carbocycles. The molecule has 120 valence electrons. The molecule has 0 bridgehead atoms. The van der Waals surface area contributed by atoms with E-state index in [1.165, 1.54) is 0 Å². The van der Waals surface area contributed by atoms with Crippen LogP contribution in [0.15, 0.2) is 66.1 Å². The van der Waals surface area contributed by atoms with Crippen LogP contribution in [0.1, 0.15) is 18.1 Å². The first kappa shape index (κ1) is 16.8. The maximum absolute atomic E-state index is 12.0. The summed E-state index contributed by atoms with van der Waals surface area (Å²) in [5.41, 5.74) is 2.22. The van der Waals surface area contributed by atoms with Crippen LogP contribution < -0.4 is 10.0 Å². The fraction of sp³-hybridized carbons (Fsp3) is 0.118. The maximum atomic E-state index is 12.0. The van der Waals surface area contributed by atoms with Crippen LogP contribution in [-0.2, 0) is 16.6 Å². The van der Waals surface area contributed by atoms with Gasteiger partial charge in [-0.15, -0.1) is 0 Å². The van der Waals surface area contributed by atoms with Crippen molar-refractivity contribution in [2.45, 2.75) is 13.5 Å². The number of carbonyl (C=O) groups excluding carboxylic acids is 1. The van der Waals surface area contributed by atoms with E-state index in [-0.39, 0.29) is 6.54 Å². The molecular formula is C17H18N2O3S. The number of sulfonamides is 1. The molecule has 0 aliphatic rings.